The number of hydrogen-bond acceptors (Lipinski definition) is 23. The molecule has 0 radical (unpaired) electrons. The summed E-state index contributed by atoms with van der Waals surface area (Å²) in [5.74, 6) is 2.04. The van der Waals surface area contributed by atoms with Gasteiger partial charge in [0.1, 0.15) is 76.8 Å². The first-order valence-corrected chi connectivity index (χ1v) is 37.8. The van der Waals surface area contributed by atoms with Gasteiger partial charge in [0.25, 0.3) is 0 Å². The number of anilines is 4. The Hall–Kier alpha value is -16.6. The van der Waals surface area contributed by atoms with Crippen molar-refractivity contribution in [3.8, 4) is 46.5 Å². The Balaban J connectivity index is 0.000000155. The van der Waals surface area contributed by atoms with Gasteiger partial charge in [-0.15, -0.1) is 0 Å². The molecule has 35 nitrogen and oxygen atoms in total. The molecule has 0 spiro atoms. The van der Waals surface area contributed by atoms with Gasteiger partial charge in [0, 0.05) is 162 Å². The third-order valence-corrected chi connectivity index (χ3v) is 17.9. The predicted octanol–water partition coefficient (Wildman–Crippen LogP) is 18.1. The van der Waals surface area contributed by atoms with Crippen molar-refractivity contribution in [3.63, 3.8) is 0 Å². The smallest absolute Gasteiger partial charge is 0.433 e. The molecule has 0 aliphatic heterocycles. The van der Waals surface area contributed by atoms with Crippen LogP contribution in [0.5, 0.6) is 46.5 Å². The zero-order valence-electron chi connectivity index (χ0n) is 68.9. The number of nitrogens with one attached hydrogen (secondary N) is 4. The lowest BCUT2D eigenvalue weighted by molar-refractivity contribution is -0.144. The highest BCUT2D eigenvalue weighted by Crippen LogP contribution is 2.37. The summed E-state index contributed by atoms with van der Waals surface area (Å²) in [7, 11) is 7.86. The van der Waals surface area contributed by atoms with E-state index < -0.39 is 71.6 Å². The molecule has 666 valence electrons. The molecule has 0 aliphatic carbocycles. The maximum absolute atomic E-state index is 12.9. The maximum atomic E-state index is 12.9. The van der Waals surface area contributed by atoms with Gasteiger partial charge in [-0.3, -0.25) is 73.0 Å². The van der Waals surface area contributed by atoms with E-state index >= 15 is 0 Å². The maximum Gasteiger partial charge on any atom is 0.433 e. The summed E-state index contributed by atoms with van der Waals surface area (Å²) in [6.45, 7) is 7.35. The van der Waals surface area contributed by atoms with Crippen molar-refractivity contribution in [1.82, 2.24) is 97.3 Å². The number of aryl methyl sites for hydroxylation is 5. The minimum Gasteiger partial charge on any atom is -0.439 e. The quantitative estimate of drug-likeness (QED) is 0.0396. The third-order valence-electron chi connectivity index (χ3n) is 17.9. The summed E-state index contributed by atoms with van der Waals surface area (Å²) < 4.78 is 186. The normalized spacial score (nSPS) is 11.6. The van der Waals surface area contributed by atoms with Crippen molar-refractivity contribution in [3.05, 3.63) is 241 Å². The zero-order valence-corrected chi connectivity index (χ0v) is 68.9. The van der Waals surface area contributed by atoms with Crippen LogP contribution >= 0.6 is 0 Å². The molecule has 0 saturated carbocycles. The van der Waals surface area contributed by atoms with Gasteiger partial charge in [-0.2, -0.15) is 73.1 Å². The second kappa shape index (κ2) is 38.7. The number of rotatable bonds is 16. The SMILES string of the molecule is CC.CC(=O)c1cc(Oc2ccc3c(ccn3C(=O)Nc3cc(C(F)(F)F)n(C)n3)c2)ncn1.CCc1cc(Oc2ccc3c(ccn3C(=O)Nc3cc(C(F)(F)F)n(C)n3)c2)ncn1.CN=Cc1cc(Oc2ccc3c(ccn3C(=O)Nc3cc(C(F)(F)F)n(C)n3)c2)ncn1.CN=Cc1cc(Oc2ccc3c(ccn3C(=O)Nc3cc(C(F)(F)F)n(C)n3)c2)ncn1. The van der Waals surface area contributed by atoms with E-state index in [2.05, 4.69) is 91.5 Å². The van der Waals surface area contributed by atoms with Crippen LogP contribution in [0.15, 0.2) is 206 Å². The second-order valence-electron chi connectivity index (χ2n) is 26.7. The highest BCUT2D eigenvalue weighted by molar-refractivity contribution is 6.02. The molecule has 16 aromatic rings. The number of Topliss-reactive ketones (excluding diaryl/α,β-unsaturated/α-hetero) is 1. The number of benzene rings is 4. The van der Waals surface area contributed by atoms with Crippen LogP contribution in [0.25, 0.3) is 43.6 Å². The third kappa shape index (κ3) is 22.5. The average molecular weight is 1790 g/mol. The number of amides is 4. The molecule has 47 heteroatoms. The van der Waals surface area contributed by atoms with Crippen LogP contribution in [0.1, 0.15) is 78.0 Å². The molecule has 0 unspecified atom stereocenters. The van der Waals surface area contributed by atoms with E-state index in [9.17, 15) is 76.7 Å². The number of halogens is 12. The topological polar surface area (TPSA) is 389 Å². The number of aliphatic imine (C=N–C) groups is 2. The number of alkyl halides is 12. The molecule has 12 aromatic heterocycles. The van der Waals surface area contributed by atoms with E-state index in [1.54, 1.807) is 142 Å². The molecule has 12 heterocycles. The van der Waals surface area contributed by atoms with Crippen molar-refractivity contribution in [2.24, 2.45) is 38.2 Å². The molecule has 0 atom stereocenters. The Morgan fingerprint density at radius 2 is 0.620 bits per heavy atom. The predicted molar refractivity (Wildman–Crippen MR) is 444 cm³/mol. The number of ketones is 1. The van der Waals surface area contributed by atoms with Crippen LogP contribution < -0.4 is 40.2 Å². The molecule has 0 bridgehead atoms. The molecular formula is C82H70F12N26O9. The lowest BCUT2D eigenvalue weighted by atomic mass is 10.2. The fourth-order valence-electron chi connectivity index (χ4n) is 12.2. The van der Waals surface area contributed by atoms with Crippen molar-refractivity contribution >= 4 is 109 Å². The fraction of sp³-hybridized carbons (Fsp3) is 0.183. The minimum absolute atomic E-state index is 0.178. The Kier molecular flexibility index (Phi) is 27.5. The number of carbonyl (C=O) groups excluding carboxylic acids is 5. The Morgan fingerprint density at radius 3 is 0.876 bits per heavy atom. The van der Waals surface area contributed by atoms with Gasteiger partial charge in [-0.1, -0.05) is 20.8 Å². The Bertz CT molecular complexity index is 6670. The number of aromatic nitrogens is 20. The summed E-state index contributed by atoms with van der Waals surface area (Å²) in [6, 6.07) is 33.5. The van der Waals surface area contributed by atoms with Crippen molar-refractivity contribution in [2.75, 3.05) is 35.4 Å². The number of ether oxygens (including phenoxy) is 4. The fourth-order valence-corrected chi connectivity index (χ4v) is 12.2. The zero-order chi connectivity index (χ0) is 93.0. The van der Waals surface area contributed by atoms with E-state index in [-0.39, 0.29) is 40.6 Å². The minimum atomic E-state index is -4.59. The lowest BCUT2D eigenvalue weighted by Crippen LogP contribution is -2.18. The molecule has 0 saturated heterocycles. The molecule has 16 rings (SSSR count). The molecule has 4 aromatic carbocycles. The highest BCUT2D eigenvalue weighted by atomic mass is 19.4. The van der Waals surface area contributed by atoms with Crippen molar-refractivity contribution in [1.29, 1.82) is 0 Å². The number of carbonyl (C=O) groups is 5. The summed E-state index contributed by atoms with van der Waals surface area (Å²) in [5.41, 5.74) is 0.459. The summed E-state index contributed by atoms with van der Waals surface area (Å²) in [4.78, 5) is 102. The monoisotopic (exact) mass is 1790 g/mol. The van der Waals surface area contributed by atoms with Crippen LogP contribution in [-0.4, -0.2) is 154 Å². The van der Waals surface area contributed by atoms with Gasteiger partial charge in [0.15, 0.2) is 29.1 Å². The molecular weight excluding hydrogens is 1720 g/mol. The second-order valence-corrected chi connectivity index (χ2v) is 26.7. The largest absolute Gasteiger partial charge is 0.439 e. The number of fused-ring (bicyclic) bond motifs is 4. The molecule has 4 amide bonds. The Labute approximate surface area is 719 Å². The molecule has 0 fully saturated rings. The summed E-state index contributed by atoms with van der Waals surface area (Å²) in [6.07, 6.45) is -3.10. The Morgan fingerprint density at radius 1 is 0.357 bits per heavy atom. The van der Waals surface area contributed by atoms with E-state index in [0.29, 0.717) is 114 Å². The van der Waals surface area contributed by atoms with Gasteiger partial charge < -0.3 is 18.9 Å². The number of nitrogens with zero attached hydrogens (tertiary/aromatic N) is 22. The molecule has 0 aliphatic rings. The number of hydrogen-bond donors (Lipinski definition) is 4. The van der Waals surface area contributed by atoms with Crippen molar-refractivity contribution < 1.29 is 95.6 Å². The summed E-state index contributed by atoms with van der Waals surface area (Å²) >= 11 is 0. The van der Waals surface area contributed by atoms with Gasteiger partial charge in [0.2, 0.25) is 23.5 Å². The van der Waals surface area contributed by atoms with Crippen LogP contribution in [0.2, 0.25) is 0 Å². The van der Waals surface area contributed by atoms with Crippen LogP contribution in [0.3, 0.4) is 0 Å². The first-order valence-electron chi connectivity index (χ1n) is 37.8. The molecule has 4 N–H and O–H groups in total. The summed E-state index contributed by atoms with van der Waals surface area (Å²) in [5, 5.41) is 27.0. The van der Waals surface area contributed by atoms with E-state index in [4.69, 9.17) is 18.9 Å². The van der Waals surface area contributed by atoms with Crippen molar-refractivity contribution in [2.45, 2.75) is 58.8 Å². The molecule has 129 heavy (non-hydrogen) atoms. The van der Waals surface area contributed by atoms with Gasteiger partial charge >= 0.3 is 48.8 Å². The lowest BCUT2D eigenvalue weighted by Gasteiger charge is -2.07. The van der Waals surface area contributed by atoms with Crippen LogP contribution in [0, 0.1) is 0 Å². The van der Waals surface area contributed by atoms with Crippen LogP contribution in [0.4, 0.5) is 95.1 Å². The first kappa shape index (κ1) is 91.7. The van der Waals surface area contributed by atoms with Gasteiger partial charge in [-0.25, -0.2) is 59.0 Å². The average Bonchev–Trinajstić information content (AvgIpc) is 1.66. The highest BCUT2D eigenvalue weighted by Gasteiger charge is 2.39. The van der Waals surface area contributed by atoms with Gasteiger partial charge in [-0.05, 0) is 103 Å². The van der Waals surface area contributed by atoms with Crippen LogP contribution in [-0.2, 0) is 59.3 Å². The van der Waals surface area contributed by atoms with E-state index in [0.717, 1.165) is 64.6 Å². The standard InChI is InChI=1S/2C20H16F3N7O2.C20H15F3N6O3.C20H17F3N6O2.C2H6/c2*1-24-10-13-8-18(26-11-25-13)32-14-3-4-15-12(7-14)5-6-30(15)19(31)27-17-9-16(20(21,22)23)29(2)28-17;1-11(30)14-8-18(25-10-24-14)32-13-3-4-15-12(7-13)5-6-29(15)19(31)26-17-9-16(20(21,22)23)28(2)27-17;1-3-13-9-18(25-11-24-13)31-14-4-5-15-12(8-14)6-7-29(15)19(30)26-17-10-16(20(21,22)23)28(2)27-17;1-2/h2*3-11H,1-2H3,(H,27,28,31);3-10H,1-2H3,(H,26,27,31);4-11H,3H2,1-2H3,(H,26,27,30);1-2H3. The van der Waals surface area contributed by atoms with Gasteiger partial charge in [0.05, 0.1) is 33.5 Å². The van der Waals surface area contributed by atoms with E-state index in [1.165, 1.54) is 81.4 Å². The van der Waals surface area contributed by atoms with E-state index in [1.807, 2.05) is 20.8 Å². The first-order chi connectivity index (χ1) is 61.3.